The Bertz CT molecular complexity index is 3470. The Morgan fingerprint density at radius 1 is 0.292 bits per heavy atom. The summed E-state index contributed by atoms with van der Waals surface area (Å²) < 4.78 is 0. The average molecular weight is 832 g/mol. The van der Waals surface area contributed by atoms with Gasteiger partial charge in [-0.2, -0.15) is 0 Å². The van der Waals surface area contributed by atoms with Crippen molar-refractivity contribution in [2.75, 3.05) is 4.90 Å². The predicted molar refractivity (Wildman–Crippen MR) is 276 cm³/mol. The summed E-state index contributed by atoms with van der Waals surface area (Å²) >= 11 is 0. The van der Waals surface area contributed by atoms with Crippen LogP contribution in [0.5, 0.6) is 0 Å². The van der Waals surface area contributed by atoms with Gasteiger partial charge in [0.05, 0.1) is 11.4 Å². The summed E-state index contributed by atoms with van der Waals surface area (Å²) in [4.78, 5) is 2.52. The highest BCUT2D eigenvalue weighted by molar-refractivity contribution is 6.07. The molecule has 0 amide bonds. The van der Waals surface area contributed by atoms with Gasteiger partial charge >= 0.3 is 0 Å². The molecule has 10 aromatic rings. The number of benzene rings is 10. The van der Waals surface area contributed by atoms with E-state index in [1.54, 1.807) is 0 Å². The molecule has 0 heterocycles. The number of nitrogens with zero attached hydrogens (tertiary/aromatic N) is 1. The predicted octanol–water partition coefficient (Wildman–Crippen LogP) is 17.6. The Balaban J connectivity index is 1.09. The molecule has 1 nitrogen and oxygen atoms in total. The number of hydrogen-bond donors (Lipinski definition) is 0. The van der Waals surface area contributed by atoms with E-state index in [2.05, 4.69) is 257 Å². The largest absolute Gasteiger partial charge is 0.309 e. The van der Waals surface area contributed by atoms with Crippen molar-refractivity contribution in [1.82, 2.24) is 0 Å². The first kappa shape index (κ1) is 38.9. The van der Waals surface area contributed by atoms with Crippen molar-refractivity contribution < 1.29 is 0 Å². The summed E-state index contributed by atoms with van der Waals surface area (Å²) in [7, 11) is 0. The van der Waals surface area contributed by atoms with Crippen LogP contribution in [0.1, 0.15) is 49.9 Å². The fourth-order valence-corrected chi connectivity index (χ4v) is 11.5. The summed E-state index contributed by atoms with van der Waals surface area (Å²) in [5, 5.41) is 2.50. The molecule has 0 fully saturated rings. The molecule has 65 heavy (non-hydrogen) atoms. The summed E-state index contributed by atoms with van der Waals surface area (Å²) in [6, 6.07) is 83.3. The molecule has 0 saturated carbocycles. The Morgan fingerprint density at radius 2 is 0.723 bits per heavy atom. The van der Waals surface area contributed by atoms with Crippen molar-refractivity contribution in [3.63, 3.8) is 0 Å². The van der Waals surface area contributed by atoms with Gasteiger partial charge in [0.15, 0.2) is 0 Å². The van der Waals surface area contributed by atoms with Crippen molar-refractivity contribution >= 4 is 27.8 Å². The van der Waals surface area contributed by atoms with E-state index in [4.69, 9.17) is 0 Å². The Hall–Kier alpha value is -7.74. The molecule has 2 aliphatic carbocycles. The quantitative estimate of drug-likeness (QED) is 0.155. The van der Waals surface area contributed by atoms with E-state index < -0.39 is 0 Å². The van der Waals surface area contributed by atoms with E-state index in [-0.39, 0.29) is 10.8 Å². The number of hydrogen-bond acceptors (Lipinski definition) is 1. The van der Waals surface area contributed by atoms with Crippen LogP contribution in [0.25, 0.3) is 77.5 Å². The molecule has 10 aromatic carbocycles. The molecule has 0 spiro atoms. The molecule has 0 saturated heterocycles. The smallest absolute Gasteiger partial charge is 0.0540 e. The van der Waals surface area contributed by atoms with Gasteiger partial charge in [-0.05, 0) is 113 Å². The highest BCUT2D eigenvalue weighted by Gasteiger charge is 2.39. The summed E-state index contributed by atoms with van der Waals surface area (Å²) in [5.41, 5.74) is 23.7. The Morgan fingerprint density at radius 3 is 1.38 bits per heavy atom. The highest BCUT2D eigenvalue weighted by Crippen LogP contribution is 2.56. The Kier molecular flexibility index (Phi) is 8.94. The van der Waals surface area contributed by atoms with Gasteiger partial charge < -0.3 is 4.90 Å². The van der Waals surface area contributed by atoms with Crippen LogP contribution in [0.3, 0.4) is 0 Å². The lowest BCUT2D eigenvalue weighted by Crippen LogP contribution is -2.17. The summed E-state index contributed by atoms with van der Waals surface area (Å²) in [6.45, 7) is 9.52. The minimum Gasteiger partial charge on any atom is -0.309 e. The monoisotopic (exact) mass is 831 g/mol. The number of fused-ring (bicyclic) bond motifs is 7. The lowest BCUT2D eigenvalue weighted by Gasteiger charge is -2.32. The van der Waals surface area contributed by atoms with Crippen LogP contribution in [0, 0.1) is 0 Å². The second kappa shape index (κ2) is 14.9. The first-order valence-electron chi connectivity index (χ1n) is 22.9. The van der Waals surface area contributed by atoms with Crippen LogP contribution in [0.15, 0.2) is 224 Å². The lowest BCUT2D eigenvalue weighted by atomic mass is 9.78. The van der Waals surface area contributed by atoms with Gasteiger partial charge in [0.1, 0.15) is 0 Å². The molecule has 0 N–H and O–H groups in total. The van der Waals surface area contributed by atoms with Gasteiger partial charge in [-0.1, -0.05) is 228 Å². The van der Waals surface area contributed by atoms with Crippen molar-refractivity contribution in [1.29, 1.82) is 0 Å². The molecule has 0 aromatic heterocycles. The van der Waals surface area contributed by atoms with Crippen LogP contribution in [0.4, 0.5) is 17.1 Å². The van der Waals surface area contributed by atoms with E-state index in [0.717, 1.165) is 17.1 Å². The third kappa shape index (κ3) is 5.99. The second-order valence-electron chi connectivity index (χ2n) is 18.8. The highest BCUT2D eigenvalue weighted by atomic mass is 15.1. The topological polar surface area (TPSA) is 3.24 Å². The minimum atomic E-state index is -0.179. The standard InChI is InChI=1S/C64H49N/c1-63(2)56-34-13-9-27-54(56)61-51(30-19-35-57(61)63)49-25-10-14-36-58(49)65(59-37-15-11-26-50(59)53-32-18-31-52-48-24-8-12-33-55(48)64(3,4)62(52)53)45-40-38-43(39-41-45)47-29-17-23-44-22-16-28-46(60(44)47)42-20-6-5-7-21-42/h5-41H,1-4H3. The molecule has 310 valence electrons. The van der Waals surface area contributed by atoms with Gasteiger partial charge in [0.2, 0.25) is 0 Å². The maximum absolute atomic E-state index is 2.52. The molecular weight excluding hydrogens is 783 g/mol. The van der Waals surface area contributed by atoms with E-state index >= 15 is 0 Å². The molecular formula is C64H49N. The van der Waals surface area contributed by atoms with Gasteiger partial charge in [0.25, 0.3) is 0 Å². The van der Waals surface area contributed by atoms with Gasteiger partial charge in [0, 0.05) is 27.6 Å². The molecule has 2 aliphatic rings. The van der Waals surface area contributed by atoms with Gasteiger partial charge in [-0.3, -0.25) is 0 Å². The second-order valence-corrected chi connectivity index (χ2v) is 18.8. The lowest BCUT2D eigenvalue weighted by molar-refractivity contribution is 0.660. The van der Waals surface area contributed by atoms with Crippen LogP contribution >= 0.6 is 0 Å². The number of para-hydroxylation sites is 2. The normalized spacial score (nSPS) is 13.8. The Labute approximate surface area is 383 Å². The van der Waals surface area contributed by atoms with E-state index in [1.807, 2.05) is 0 Å². The molecule has 0 radical (unpaired) electrons. The SMILES string of the molecule is CC1(C)c2ccccc2-c2c(-c3ccccc3N(c3ccc(-c4cccc5cccc(-c6ccccc6)c45)cc3)c3ccccc3-c3cccc4c3C(C)(C)c3ccccc3-4)cccc21. The minimum absolute atomic E-state index is 0.112. The van der Waals surface area contributed by atoms with Crippen molar-refractivity contribution in [3.05, 3.63) is 247 Å². The number of anilines is 3. The first-order valence-corrected chi connectivity index (χ1v) is 22.9. The van der Waals surface area contributed by atoms with Crippen molar-refractivity contribution in [3.8, 4) is 66.8 Å². The molecule has 1 heteroatoms. The maximum atomic E-state index is 2.52. The summed E-state index contributed by atoms with van der Waals surface area (Å²) in [5.74, 6) is 0. The zero-order valence-corrected chi connectivity index (χ0v) is 37.3. The third-order valence-electron chi connectivity index (χ3n) is 14.5. The van der Waals surface area contributed by atoms with Crippen LogP contribution in [-0.4, -0.2) is 0 Å². The summed E-state index contributed by atoms with van der Waals surface area (Å²) in [6.07, 6.45) is 0. The van der Waals surface area contributed by atoms with Gasteiger partial charge in [-0.15, -0.1) is 0 Å². The van der Waals surface area contributed by atoms with Gasteiger partial charge in [-0.25, -0.2) is 0 Å². The molecule has 0 unspecified atom stereocenters. The van der Waals surface area contributed by atoms with Crippen LogP contribution in [0.2, 0.25) is 0 Å². The maximum Gasteiger partial charge on any atom is 0.0540 e. The van der Waals surface area contributed by atoms with E-state index in [1.165, 1.54) is 99.8 Å². The zero-order chi connectivity index (χ0) is 43.9. The third-order valence-corrected chi connectivity index (χ3v) is 14.5. The average Bonchev–Trinajstić information content (AvgIpc) is 3.74. The molecule has 0 bridgehead atoms. The van der Waals surface area contributed by atoms with E-state index in [9.17, 15) is 0 Å². The number of rotatable bonds is 7. The fourth-order valence-electron chi connectivity index (χ4n) is 11.5. The zero-order valence-electron chi connectivity index (χ0n) is 37.3. The van der Waals surface area contributed by atoms with Crippen molar-refractivity contribution in [2.45, 2.75) is 38.5 Å². The first-order chi connectivity index (χ1) is 31.8. The molecule has 0 aliphatic heterocycles. The fraction of sp³-hybridized carbons (Fsp3) is 0.0938. The van der Waals surface area contributed by atoms with Crippen molar-refractivity contribution in [2.24, 2.45) is 0 Å². The van der Waals surface area contributed by atoms with Crippen LogP contribution in [-0.2, 0) is 10.8 Å². The molecule has 12 rings (SSSR count). The van der Waals surface area contributed by atoms with Crippen LogP contribution < -0.4 is 4.90 Å². The molecule has 0 atom stereocenters. The van der Waals surface area contributed by atoms with E-state index in [0.29, 0.717) is 0 Å².